The highest BCUT2D eigenvalue weighted by molar-refractivity contribution is 5.31. The van der Waals surface area contributed by atoms with Crippen LogP contribution in [0.25, 0.3) is 0 Å². The molecule has 0 spiro atoms. The predicted molar refractivity (Wildman–Crippen MR) is 76.1 cm³/mol. The number of anilines is 1. The monoisotopic (exact) mass is 264 g/mol. The third-order valence-electron chi connectivity index (χ3n) is 3.57. The van der Waals surface area contributed by atoms with E-state index in [2.05, 4.69) is 27.1 Å². The second kappa shape index (κ2) is 6.30. The molecule has 106 valence electrons. The van der Waals surface area contributed by atoms with Gasteiger partial charge in [0.1, 0.15) is 0 Å². The third-order valence-corrected chi connectivity index (χ3v) is 3.57. The molecule has 0 radical (unpaired) electrons. The zero-order valence-corrected chi connectivity index (χ0v) is 11.9. The molecule has 2 heterocycles. The number of nitrogens with one attached hydrogen (secondary N) is 1. The lowest BCUT2D eigenvalue weighted by Gasteiger charge is -2.35. The van der Waals surface area contributed by atoms with E-state index in [1.807, 2.05) is 19.3 Å². The summed E-state index contributed by atoms with van der Waals surface area (Å²) in [5.41, 5.74) is 0.585. The average molecular weight is 264 g/mol. The van der Waals surface area contributed by atoms with Crippen molar-refractivity contribution in [2.75, 3.05) is 24.5 Å². The van der Waals surface area contributed by atoms with Crippen molar-refractivity contribution in [1.82, 2.24) is 15.3 Å². The lowest BCUT2D eigenvalue weighted by atomic mass is 9.94. The molecule has 0 bridgehead atoms. The predicted octanol–water partition coefficient (Wildman–Crippen LogP) is 1.33. The van der Waals surface area contributed by atoms with Crippen LogP contribution in [0.3, 0.4) is 0 Å². The van der Waals surface area contributed by atoms with E-state index >= 15 is 0 Å². The van der Waals surface area contributed by atoms with E-state index in [4.69, 9.17) is 0 Å². The van der Waals surface area contributed by atoms with Crippen LogP contribution in [0.1, 0.15) is 38.7 Å². The summed E-state index contributed by atoms with van der Waals surface area (Å²) in [4.78, 5) is 11.0. The van der Waals surface area contributed by atoms with E-state index < -0.39 is 5.60 Å². The summed E-state index contributed by atoms with van der Waals surface area (Å²) < 4.78 is 0. The Morgan fingerprint density at radius 2 is 1.95 bits per heavy atom. The lowest BCUT2D eigenvalue weighted by molar-refractivity contribution is 0.0349. The van der Waals surface area contributed by atoms with Crippen LogP contribution >= 0.6 is 0 Å². The van der Waals surface area contributed by atoms with Gasteiger partial charge in [0.05, 0.1) is 5.60 Å². The highest BCUT2D eigenvalue weighted by atomic mass is 16.3. The van der Waals surface area contributed by atoms with Gasteiger partial charge in [0.2, 0.25) is 5.95 Å². The molecule has 0 amide bonds. The van der Waals surface area contributed by atoms with Crippen molar-refractivity contribution < 1.29 is 5.11 Å². The van der Waals surface area contributed by atoms with Gasteiger partial charge in [-0.05, 0) is 32.7 Å². The Hall–Kier alpha value is -1.20. The van der Waals surface area contributed by atoms with E-state index in [1.165, 1.54) is 0 Å². The minimum atomic E-state index is -0.527. The molecule has 0 atom stereocenters. The fourth-order valence-electron chi connectivity index (χ4n) is 2.20. The van der Waals surface area contributed by atoms with Crippen molar-refractivity contribution in [1.29, 1.82) is 0 Å². The fourth-order valence-corrected chi connectivity index (χ4v) is 2.20. The number of hydrogen-bond donors (Lipinski definition) is 2. The molecule has 1 aromatic heterocycles. The van der Waals surface area contributed by atoms with Crippen LogP contribution in [0.2, 0.25) is 0 Å². The van der Waals surface area contributed by atoms with Crippen LogP contribution < -0.4 is 10.2 Å². The summed E-state index contributed by atoms with van der Waals surface area (Å²) in [5, 5.41) is 13.3. The Kier molecular flexibility index (Phi) is 4.71. The number of hydrogen-bond acceptors (Lipinski definition) is 5. The number of aliphatic hydroxyl groups is 1. The first-order valence-electron chi connectivity index (χ1n) is 7.10. The van der Waals surface area contributed by atoms with Gasteiger partial charge in [-0.3, -0.25) is 0 Å². The van der Waals surface area contributed by atoms with Gasteiger partial charge in [0.15, 0.2) is 0 Å². The first kappa shape index (κ1) is 14.2. The molecule has 1 aliphatic heterocycles. The van der Waals surface area contributed by atoms with Gasteiger partial charge in [-0.25, -0.2) is 9.97 Å². The molecule has 1 aromatic rings. The standard InChI is InChI=1S/C14H24N4O/c1-3-6-15-9-12-10-16-13(17-11-12)18-7-4-14(2,19)5-8-18/h10-11,15,19H,3-9H2,1-2H3. The Balaban J connectivity index is 1.88. The van der Waals surface area contributed by atoms with E-state index in [1.54, 1.807) is 0 Å². The minimum absolute atomic E-state index is 0.527. The van der Waals surface area contributed by atoms with Gasteiger partial charge in [-0.2, -0.15) is 0 Å². The van der Waals surface area contributed by atoms with Gasteiger partial charge >= 0.3 is 0 Å². The molecular formula is C14H24N4O. The Morgan fingerprint density at radius 3 is 2.53 bits per heavy atom. The van der Waals surface area contributed by atoms with Crippen LogP contribution in [-0.2, 0) is 6.54 Å². The molecule has 19 heavy (non-hydrogen) atoms. The van der Waals surface area contributed by atoms with Crippen LogP contribution in [0, 0.1) is 0 Å². The van der Waals surface area contributed by atoms with Crippen molar-refractivity contribution >= 4 is 5.95 Å². The Bertz CT molecular complexity index is 381. The van der Waals surface area contributed by atoms with Gasteiger partial charge in [-0.1, -0.05) is 6.92 Å². The first-order chi connectivity index (χ1) is 9.11. The molecule has 5 nitrogen and oxygen atoms in total. The van der Waals surface area contributed by atoms with E-state index in [9.17, 15) is 5.11 Å². The van der Waals surface area contributed by atoms with Gasteiger partial charge in [0.25, 0.3) is 0 Å². The molecule has 1 aliphatic rings. The van der Waals surface area contributed by atoms with E-state index in [-0.39, 0.29) is 0 Å². The van der Waals surface area contributed by atoms with Crippen LogP contribution in [0.5, 0.6) is 0 Å². The van der Waals surface area contributed by atoms with Crippen LogP contribution in [0.4, 0.5) is 5.95 Å². The molecule has 0 aromatic carbocycles. The molecule has 2 N–H and O–H groups in total. The van der Waals surface area contributed by atoms with Crippen molar-refractivity contribution in [3.63, 3.8) is 0 Å². The maximum Gasteiger partial charge on any atom is 0.225 e. The molecule has 2 rings (SSSR count). The van der Waals surface area contributed by atoms with Crippen molar-refractivity contribution in [3.05, 3.63) is 18.0 Å². The van der Waals surface area contributed by atoms with Crippen molar-refractivity contribution in [2.24, 2.45) is 0 Å². The number of nitrogens with zero attached hydrogens (tertiary/aromatic N) is 3. The third kappa shape index (κ3) is 4.14. The molecule has 1 saturated heterocycles. The summed E-state index contributed by atoms with van der Waals surface area (Å²) in [6.07, 6.45) is 6.45. The minimum Gasteiger partial charge on any atom is -0.390 e. The topological polar surface area (TPSA) is 61.3 Å². The highest BCUT2D eigenvalue weighted by Crippen LogP contribution is 2.23. The van der Waals surface area contributed by atoms with Gasteiger partial charge in [-0.15, -0.1) is 0 Å². The zero-order valence-electron chi connectivity index (χ0n) is 11.9. The molecule has 1 fully saturated rings. The smallest absolute Gasteiger partial charge is 0.225 e. The van der Waals surface area contributed by atoms with Crippen molar-refractivity contribution in [3.8, 4) is 0 Å². The van der Waals surface area contributed by atoms with Crippen LogP contribution in [0.15, 0.2) is 12.4 Å². The first-order valence-corrected chi connectivity index (χ1v) is 7.10. The largest absolute Gasteiger partial charge is 0.390 e. The molecule has 0 saturated carbocycles. The van der Waals surface area contributed by atoms with E-state index in [0.717, 1.165) is 57.0 Å². The summed E-state index contributed by atoms with van der Waals surface area (Å²) in [5.74, 6) is 0.773. The Morgan fingerprint density at radius 1 is 1.32 bits per heavy atom. The maximum absolute atomic E-state index is 9.93. The fraction of sp³-hybridized carbons (Fsp3) is 0.714. The van der Waals surface area contributed by atoms with Gasteiger partial charge < -0.3 is 15.3 Å². The quantitative estimate of drug-likeness (QED) is 0.786. The summed E-state index contributed by atoms with van der Waals surface area (Å²) >= 11 is 0. The molecule has 0 unspecified atom stereocenters. The number of piperidine rings is 1. The molecule has 5 heteroatoms. The lowest BCUT2D eigenvalue weighted by Crippen LogP contribution is -2.43. The highest BCUT2D eigenvalue weighted by Gasteiger charge is 2.28. The summed E-state index contributed by atoms with van der Waals surface area (Å²) in [7, 11) is 0. The summed E-state index contributed by atoms with van der Waals surface area (Å²) in [6.45, 7) is 7.53. The van der Waals surface area contributed by atoms with Crippen molar-refractivity contribution in [2.45, 2.75) is 45.3 Å². The molecular weight excluding hydrogens is 240 g/mol. The second-order valence-corrected chi connectivity index (χ2v) is 5.55. The normalized spacial score (nSPS) is 18.6. The zero-order chi connectivity index (χ0) is 13.7. The second-order valence-electron chi connectivity index (χ2n) is 5.55. The van der Waals surface area contributed by atoms with E-state index in [0.29, 0.717) is 0 Å². The number of aromatic nitrogens is 2. The molecule has 0 aliphatic carbocycles. The van der Waals surface area contributed by atoms with Gasteiger partial charge in [0, 0.05) is 37.6 Å². The average Bonchev–Trinajstić information content (AvgIpc) is 2.40. The maximum atomic E-state index is 9.93. The van der Waals surface area contributed by atoms with Crippen LogP contribution in [-0.4, -0.2) is 40.3 Å². The summed E-state index contributed by atoms with van der Waals surface area (Å²) in [6, 6.07) is 0. The number of rotatable bonds is 5. The SMILES string of the molecule is CCCNCc1cnc(N2CCC(C)(O)CC2)nc1. The Labute approximate surface area is 115 Å².